The van der Waals surface area contributed by atoms with Gasteiger partial charge in [0.05, 0.1) is 82.9 Å². The van der Waals surface area contributed by atoms with Crippen LogP contribution in [-0.4, -0.2) is 38.2 Å². The monoisotopic (exact) mass is 1550 g/mol. The second-order valence-electron chi connectivity index (χ2n) is 32.3. The van der Waals surface area contributed by atoms with Crippen LogP contribution >= 0.6 is 0 Å². The highest BCUT2D eigenvalue weighted by molar-refractivity contribution is 6.23. The fraction of sp³-hybridized carbons (Fsp3) is 0. The third-order valence-electron chi connectivity index (χ3n) is 25.7. The average Bonchev–Trinajstić information content (AvgIpc) is 1.60. The summed E-state index contributed by atoms with van der Waals surface area (Å²) in [4.78, 5) is 21.0. The van der Waals surface area contributed by atoms with Gasteiger partial charge >= 0.3 is 0 Å². The largest absolute Gasteiger partial charge is 0.309 e. The first-order valence-electron chi connectivity index (χ1n) is 41.7. The number of aromatic nitrogens is 8. The van der Waals surface area contributed by atoms with Gasteiger partial charge in [-0.1, -0.05) is 291 Å². The molecule has 8 nitrogen and oxygen atoms in total. The molecule has 0 unspecified atom stereocenters. The molecule has 0 aliphatic heterocycles. The molecule has 18 aromatic carbocycles. The van der Waals surface area contributed by atoms with Gasteiger partial charge < -0.3 is 18.3 Å². The maximum absolute atomic E-state index is 5.39. The molecule has 8 heterocycles. The lowest BCUT2D eigenvalue weighted by Gasteiger charge is -2.19. The Kier molecular flexibility index (Phi) is 14.7. The highest BCUT2D eigenvalue weighted by Gasteiger charge is 2.26. The topological polar surface area (TPSA) is 71.3 Å². The van der Waals surface area contributed by atoms with Crippen LogP contribution in [0.15, 0.2) is 413 Å². The molecule has 0 aliphatic rings. The fourth-order valence-electron chi connectivity index (χ4n) is 20.4. The van der Waals surface area contributed by atoms with Gasteiger partial charge in [0.15, 0.2) is 0 Å². The third kappa shape index (κ3) is 10.2. The Bertz CT molecular complexity index is 8860. The van der Waals surface area contributed by atoms with E-state index >= 15 is 0 Å². The van der Waals surface area contributed by atoms with E-state index in [0.29, 0.717) is 0 Å². The Balaban J connectivity index is 0.647. The van der Waals surface area contributed by atoms with Gasteiger partial charge in [-0.2, -0.15) is 0 Å². The van der Waals surface area contributed by atoms with Crippen LogP contribution in [0.5, 0.6) is 0 Å². The van der Waals surface area contributed by atoms with E-state index < -0.39 is 0 Å². The molecule has 0 saturated carbocycles. The summed E-state index contributed by atoms with van der Waals surface area (Å²) in [5, 5.41) is 18.3. The maximum Gasteiger partial charge on any atom is 0.0978 e. The Morgan fingerprint density at radius 3 is 1.19 bits per heavy atom. The number of benzene rings is 18. The maximum atomic E-state index is 5.39. The molecular weight excluding hydrogens is 1480 g/mol. The molecule has 564 valence electrons. The molecule has 0 atom stereocenters. The fourth-order valence-corrected chi connectivity index (χ4v) is 20.4. The van der Waals surface area contributed by atoms with Crippen molar-refractivity contribution in [2.75, 3.05) is 0 Å². The predicted octanol–water partition coefficient (Wildman–Crippen LogP) is 29.7. The molecule has 26 aromatic rings. The standard InChI is InChI=1S/C114H68N8/c1-2-24-70(25-3-1)97-59-53-73-52-55-94-108(91-34-6-14-38-98(91)118-114(94)112(73)116-97)71-49-47-69(48-50-71)75-62-77(119-100-40-16-8-29-85(100)86-30-9-17-41-101(86)119)67-78(63-75)121-104-44-20-12-33-89(104)96-66-74(54-60-106(96)121)82-37-22-46-107-110(82)93-36-13-21-45-105(93)122(107)80-65-76(64-79(68-80)120-102-42-18-10-31-87(102)88-32-11-19-43-103(88)120)81-57-58-90(84-28-5-4-27-83(81)84)109-92-35-7-15-39-99(92)117-113-95(109)56-51-72-26-23-61-115-111(72)113/h1-68H. The van der Waals surface area contributed by atoms with Crippen molar-refractivity contribution < 1.29 is 0 Å². The quantitative estimate of drug-likeness (QED) is 0.101. The molecule has 8 heteroatoms. The van der Waals surface area contributed by atoms with Gasteiger partial charge in [0.1, 0.15) is 0 Å². The van der Waals surface area contributed by atoms with E-state index in [-0.39, 0.29) is 0 Å². The SMILES string of the molecule is c1ccc(-c2ccc3ccc4c(-c5ccc(-c6cc(-n7c8ccccc8c8ccccc87)cc(-n7c8ccccc8c8cc(-c9cccc%10c9c9ccccc9n%10-c9cc(-c%10ccc(-c%11c%12ccccc%12nc%12c%11ccc%11cccnc%11%12)c%11ccccc%10%11)cc(-n%10c%11ccccc%11c%11ccccc%11%10)c9)ccc87)c6)cc5)c5ccccc5nc4c3n2)cc1. The van der Waals surface area contributed by atoms with E-state index in [4.69, 9.17) is 19.9 Å². The summed E-state index contributed by atoms with van der Waals surface area (Å²) < 4.78 is 9.94. The highest BCUT2D eigenvalue weighted by atomic mass is 15.0. The zero-order valence-corrected chi connectivity index (χ0v) is 65.8. The van der Waals surface area contributed by atoms with E-state index in [1.807, 2.05) is 18.3 Å². The van der Waals surface area contributed by atoms with Crippen LogP contribution in [0.25, 0.3) is 253 Å². The smallest absolute Gasteiger partial charge is 0.0978 e. The third-order valence-corrected chi connectivity index (χ3v) is 25.7. The van der Waals surface area contributed by atoms with Crippen molar-refractivity contribution in [1.82, 2.24) is 38.2 Å². The van der Waals surface area contributed by atoms with Crippen LogP contribution in [0.4, 0.5) is 0 Å². The number of hydrogen-bond acceptors (Lipinski definition) is 4. The molecule has 122 heavy (non-hydrogen) atoms. The molecule has 0 spiro atoms. The van der Waals surface area contributed by atoms with Crippen LogP contribution < -0.4 is 0 Å². The first-order chi connectivity index (χ1) is 60.5. The first-order valence-corrected chi connectivity index (χ1v) is 41.7. The Morgan fingerprint density at radius 2 is 0.598 bits per heavy atom. The van der Waals surface area contributed by atoms with Crippen molar-refractivity contribution in [2.45, 2.75) is 0 Å². The number of nitrogens with zero attached hydrogens (tertiary/aromatic N) is 8. The molecular formula is C114H68N8. The predicted molar refractivity (Wildman–Crippen MR) is 510 cm³/mol. The van der Waals surface area contributed by atoms with Gasteiger partial charge in [-0.05, 0) is 171 Å². The highest BCUT2D eigenvalue weighted by Crippen LogP contribution is 2.49. The minimum absolute atomic E-state index is 0.888. The van der Waals surface area contributed by atoms with Crippen molar-refractivity contribution in [3.05, 3.63) is 413 Å². The summed E-state index contributed by atoms with van der Waals surface area (Å²) >= 11 is 0. The summed E-state index contributed by atoms with van der Waals surface area (Å²) in [5.74, 6) is 0. The van der Waals surface area contributed by atoms with Crippen LogP contribution in [0.1, 0.15) is 0 Å². The van der Waals surface area contributed by atoms with Gasteiger partial charge in [-0.15, -0.1) is 0 Å². The van der Waals surface area contributed by atoms with Gasteiger partial charge in [0.2, 0.25) is 0 Å². The Hall–Kier alpha value is -16.4. The molecule has 0 N–H and O–H groups in total. The lowest BCUT2D eigenvalue weighted by molar-refractivity contribution is 1.13. The molecule has 8 aromatic heterocycles. The van der Waals surface area contributed by atoms with Crippen molar-refractivity contribution >= 4 is 163 Å². The van der Waals surface area contributed by atoms with Gasteiger partial charge in [-0.3, -0.25) is 4.98 Å². The second-order valence-corrected chi connectivity index (χ2v) is 32.3. The zero-order chi connectivity index (χ0) is 79.8. The van der Waals surface area contributed by atoms with Crippen LogP contribution in [0.2, 0.25) is 0 Å². The second kappa shape index (κ2) is 26.5. The lowest BCUT2D eigenvalue weighted by atomic mass is 9.88. The normalized spacial score (nSPS) is 12.1. The molecule has 26 rings (SSSR count). The number of fused-ring (bicyclic) bond motifs is 21. The average molecular weight is 1550 g/mol. The Morgan fingerprint density at radius 1 is 0.180 bits per heavy atom. The summed E-state index contributed by atoms with van der Waals surface area (Å²) in [6.45, 7) is 0. The van der Waals surface area contributed by atoms with Crippen LogP contribution in [0, 0.1) is 0 Å². The van der Waals surface area contributed by atoms with E-state index in [0.717, 1.165) is 210 Å². The van der Waals surface area contributed by atoms with Gasteiger partial charge in [0, 0.05) is 121 Å². The van der Waals surface area contributed by atoms with Gasteiger partial charge in [0.25, 0.3) is 0 Å². The van der Waals surface area contributed by atoms with Gasteiger partial charge in [-0.25, -0.2) is 15.0 Å². The minimum atomic E-state index is 0.888. The lowest BCUT2D eigenvalue weighted by Crippen LogP contribution is -2.00. The first kappa shape index (κ1) is 67.7. The Labute approximate surface area is 699 Å². The molecule has 0 amide bonds. The van der Waals surface area contributed by atoms with Crippen molar-refractivity contribution in [3.8, 4) is 89.6 Å². The summed E-state index contributed by atoms with van der Waals surface area (Å²) in [6, 6.07) is 150. The summed E-state index contributed by atoms with van der Waals surface area (Å²) in [6.07, 6.45) is 1.88. The summed E-state index contributed by atoms with van der Waals surface area (Å²) in [7, 11) is 0. The molecule has 0 fully saturated rings. The molecule has 0 aliphatic carbocycles. The van der Waals surface area contributed by atoms with E-state index in [2.05, 4.69) is 413 Å². The van der Waals surface area contributed by atoms with Crippen molar-refractivity contribution in [2.24, 2.45) is 0 Å². The number of pyridine rings is 4. The molecule has 0 bridgehead atoms. The van der Waals surface area contributed by atoms with Crippen molar-refractivity contribution in [3.63, 3.8) is 0 Å². The van der Waals surface area contributed by atoms with E-state index in [1.54, 1.807) is 0 Å². The number of rotatable bonds is 10. The zero-order valence-electron chi connectivity index (χ0n) is 65.8. The minimum Gasteiger partial charge on any atom is -0.309 e. The molecule has 0 radical (unpaired) electrons. The van der Waals surface area contributed by atoms with E-state index in [9.17, 15) is 0 Å². The number of para-hydroxylation sites is 8. The van der Waals surface area contributed by atoms with Crippen LogP contribution in [-0.2, 0) is 0 Å². The summed E-state index contributed by atoms with van der Waals surface area (Å²) in [5.41, 5.74) is 32.0. The number of hydrogen-bond donors (Lipinski definition) is 0. The van der Waals surface area contributed by atoms with Crippen molar-refractivity contribution in [1.29, 1.82) is 0 Å². The van der Waals surface area contributed by atoms with E-state index in [1.165, 1.54) is 43.1 Å². The molecule has 0 saturated heterocycles. The van der Waals surface area contributed by atoms with Crippen LogP contribution in [0.3, 0.4) is 0 Å².